The Kier molecular flexibility index (Phi) is 5.54. The second-order valence-corrected chi connectivity index (χ2v) is 9.04. The van der Waals surface area contributed by atoms with Crippen LogP contribution in [0.2, 0.25) is 0 Å². The molecule has 0 heterocycles. The van der Waals surface area contributed by atoms with Gasteiger partial charge >= 0.3 is 18.2 Å². The van der Waals surface area contributed by atoms with Crippen LogP contribution in [0.4, 0.5) is 18.0 Å². The zero-order chi connectivity index (χ0) is 24.8. The molecule has 1 saturated carbocycles. The van der Waals surface area contributed by atoms with Crippen LogP contribution in [0.1, 0.15) is 41.0 Å². The number of alkyl carbamates (subject to hydrolysis) is 1. The average molecular weight is 481 g/mol. The van der Waals surface area contributed by atoms with Crippen LogP contribution in [0.15, 0.2) is 72.8 Å². The summed E-state index contributed by atoms with van der Waals surface area (Å²) >= 11 is 0. The lowest BCUT2D eigenvalue weighted by Gasteiger charge is -2.44. The molecule has 8 heteroatoms. The van der Waals surface area contributed by atoms with Gasteiger partial charge in [-0.2, -0.15) is 13.2 Å². The van der Waals surface area contributed by atoms with Crippen LogP contribution in [0.5, 0.6) is 0 Å². The van der Waals surface area contributed by atoms with Crippen LogP contribution in [0, 0.1) is 0 Å². The summed E-state index contributed by atoms with van der Waals surface area (Å²) in [6.45, 7) is 0.115. The van der Waals surface area contributed by atoms with Crippen molar-refractivity contribution in [3.05, 3.63) is 95.1 Å². The number of rotatable bonds is 5. The van der Waals surface area contributed by atoms with E-state index < -0.39 is 35.3 Å². The van der Waals surface area contributed by atoms with Gasteiger partial charge in [0.1, 0.15) is 6.61 Å². The van der Waals surface area contributed by atoms with Crippen molar-refractivity contribution in [1.82, 2.24) is 5.32 Å². The van der Waals surface area contributed by atoms with Crippen LogP contribution >= 0.6 is 0 Å². The minimum absolute atomic E-state index is 0.0200. The summed E-state index contributed by atoms with van der Waals surface area (Å²) in [5.41, 5.74) is 2.03. The number of fused-ring (bicyclic) bond motifs is 3. The number of benzene rings is 3. The first-order valence-corrected chi connectivity index (χ1v) is 11.2. The van der Waals surface area contributed by atoms with E-state index in [4.69, 9.17) is 4.74 Å². The molecule has 5 nitrogen and oxygen atoms in total. The fraction of sp³-hybridized carbons (Fsp3) is 0.259. The van der Waals surface area contributed by atoms with Crippen molar-refractivity contribution in [2.24, 2.45) is 0 Å². The second kappa shape index (κ2) is 8.45. The lowest BCUT2D eigenvalue weighted by molar-refractivity contribution is -0.149. The SMILES string of the molecule is O=C(NC1CC(C(=O)O)(c2cccc(C(F)(F)F)c2)C1)OCC1c2ccccc2-c2ccccc21. The highest BCUT2D eigenvalue weighted by Gasteiger charge is 2.53. The fourth-order valence-corrected chi connectivity index (χ4v) is 5.22. The molecule has 0 spiro atoms. The lowest BCUT2D eigenvalue weighted by atomic mass is 9.61. The van der Waals surface area contributed by atoms with Gasteiger partial charge in [-0.15, -0.1) is 0 Å². The zero-order valence-corrected chi connectivity index (χ0v) is 18.5. The Bertz CT molecular complexity index is 1250. The van der Waals surface area contributed by atoms with E-state index in [1.165, 1.54) is 12.1 Å². The molecule has 2 aliphatic rings. The third-order valence-electron chi connectivity index (χ3n) is 7.01. The Morgan fingerprint density at radius 3 is 2.11 bits per heavy atom. The smallest absolute Gasteiger partial charge is 0.416 e. The molecule has 35 heavy (non-hydrogen) atoms. The Labute approximate surface area is 199 Å². The molecular weight excluding hydrogens is 459 g/mol. The molecule has 2 aliphatic carbocycles. The number of carbonyl (C=O) groups excluding carboxylic acids is 1. The summed E-state index contributed by atoms with van der Waals surface area (Å²) < 4.78 is 44.8. The first-order valence-electron chi connectivity index (χ1n) is 11.2. The number of carboxylic acid groups (broad SMARTS) is 1. The highest BCUT2D eigenvalue weighted by molar-refractivity contribution is 5.84. The molecule has 180 valence electrons. The van der Waals surface area contributed by atoms with Gasteiger partial charge in [-0.25, -0.2) is 4.79 Å². The molecule has 5 rings (SSSR count). The summed E-state index contributed by atoms with van der Waals surface area (Å²) in [6.07, 6.45) is -5.29. The zero-order valence-electron chi connectivity index (χ0n) is 18.5. The number of ether oxygens (including phenoxy) is 1. The monoisotopic (exact) mass is 481 g/mol. The van der Waals surface area contributed by atoms with Crippen LogP contribution in [0.3, 0.4) is 0 Å². The van der Waals surface area contributed by atoms with Gasteiger partial charge in [-0.3, -0.25) is 4.79 Å². The van der Waals surface area contributed by atoms with Gasteiger partial charge in [-0.1, -0.05) is 66.7 Å². The molecule has 0 aromatic heterocycles. The molecular formula is C27H22F3NO4. The van der Waals surface area contributed by atoms with Crippen molar-refractivity contribution in [2.75, 3.05) is 6.61 Å². The maximum Gasteiger partial charge on any atom is 0.416 e. The number of aliphatic carboxylic acids is 1. The Morgan fingerprint density at radius 2 is 1.54 bits per heavy atom. The number of hydrogen-bond acceptors (Lipinski definition) is 3. The quantitative estimate of drug-likeness (QED) is 0.488. The maximum absolute atomic E-state index is 13.1. The van der Waals surface area contributed by atoms with Crippen molar-refractivity contribution < 1.29 is 32.6 Å². The first kappa shape index (κ1) is 23.0. The number of amides is 1. The Balaban J connectivity index is 1.24. The summed E-state index contributed by atoms with van der Waals surface area (Å²) in [6, 6.07) is 19.7. The van der Waals surface area contributed by atoms with Crippen molar-refractivity contribution in [1.29, 1.82) is 0 Å². The molecule has 0 bridgehead atoms. The van der Waals surface area contributed by atoms with Crippen molar-refractivity contribution >= 4 is 12.1 Å². The van der Waals surface area contributed by atoms with E-state index >= 15 is 0 Å². The number of halogens is 3. The number of carbonyl (C=O) groups is 2. The summed E-state index contributed by atoms with van der Waals surface area (Å²) in [4.78, 5) is 24.5. The fourth-order valence-electron chi connectivity index (χ4n) is 5.22. The van der Waals surface area contributed by atoms with Gasteiger partial charge in [0.25, 0.3) is 0 Å². The van der Waals surface area contributed by atoms with Crippen molar-refractivity contribution in [3.63, 3.8) is 0 Å². The molecule has 3 aromatic carbocycles. The summed E-state index contributed by atoms with van der Waals surface area (Å²) in [5, 5.41) is 12.5. The van der Waals surface area contributed by atoms with E-state index in [0.717, 1.165) is 34.4 Å². The van der Waals surface area contributed by atoms with E-state index in [9.17, 15) is 27.9 Å². The van der Waals surface area contributed by atoms with E-state index in [2.05, 4.69) is 5.32 Å². The van der Waals surface area contributed by atoms with Crippen molar-refractivity contribution in [2.45, 2.75) is 36.4 Å². The van der Waals surface area contributed by atoms with Gasteiger partial charge in [0.05, 0.1) is 11.0 Å². The molecule has 0 aliphatic heterocycles. The predicted octanol–water partition coefficient (Wildman–Crippen LogP) is 5.73. The highest BCUT2D eigenvalue weighted by atomic mass is 19.4. The molecule has 0 atom stereocenters. The predicted molar refractivity (Wildman–Crippen MR) is 122 cm³/mol. The van der Waals surface area contributed by atoms with Gasteiger partial charge in [0.2, 0.25) is 0 Å². The molecule has 0 saturated heterocycles. The molecule has 2 N–H and O–H groups in total. The number of alkyl halides is 3. The highest BCUT2D eigenvalue weighted by Crippen LogP contribution is 2.46. The molecule has 3 aromatic rings. The van der Waals surface area contributed by atoms with Crippen LogP contribution < -0.4 is 5.32 Å². The molecule has 0 unspecified atom stereocenters. The van der Waals surface area contributed by atoms with Crippen LogP contribution in [0.25, 0.3) is 11.1 Å². The minimum Gasteiger partial charge on any atom is -0.481 e. The molecule has 0 radical (unpaired) electrons. The molecule has 1 amide bonds. The maximum atomic E-state index is 13.1. The van der Waals surface area contributed by atoms with E-state index in [-0.39, 0.29) is 30.9 Å². The van der Waals surface area contributed by atoms with Gasteiger partial charge in [0, 0.05) is 12.0 Å². The lowest BCUT2D eigenvalue weighted by Crippen LogP contribution is -2.57. The van der Waals surface area contributed by atoms with Gasteiger partial charge in [-0.05, 0) is 46.7 Å². The van der Waals surface area contributed by atoms with Crippen LogP contribution in [-0.4, -0.2) is 29.8 Å². The van der Waals surface area contributed by atoms with E-state index in [0.29, 0.717) is 0 Å². The van der Waals surface area contributed by atoms with Gasteiger partial charge < -0.3 is 15.2 Å². The molecule has 1 fully saturated rings. The Morgan fingerprint density at radius 1 is 0.943 bits per heavy atom. The average Bonchev–Trinajstić information content (AvgIpc) is 3.13. The van der Waals surface area contributed by atoms with E-state index in [1.807, 2.05) is 48.5 Å². The van der Waals surface area contributed by atoms with Gasteiger partial charge in [0.15, 0.2) is 0 Å². The standard InChI is InChI=1S/C27H22F3NO4/c28-27(29,30)17-7-5-6-16(12-17)26(24(32)33)13-18(14-26)31-25(34)35-15-23-21-10-3-1-8-19(21)20-9-2-4-11-22(20)23/h1-12,18,23H,13-15H2,(H,31,34)(H,32,33). The number of carboxylic acids is 1. The normalized spacial score (nSPS) is 20.9. The van der Waals surface area contributed by atoms with Crippen LogP contribution in [-0.2, 0) is 21.1 Å². The number of hydrogen-bond donors (Lipinski definition) is 2. The third-order valence-corrected chi connectivity index (χ3v) is 7.01. The van der Waals surface area contributed by atoms with E-state index in [1.54, 1.807) is 0 Å². The topological polar surface area (TPSA) is 75.6 Å². The van der Waals surface area contributed by atoms with Crippen molar-refractivity contribution in [3.8, 4) is 11.1 Å². The summed E-state index contributed by atoms with van der Waals surface area (Å²) in [7, 11) is 0. The Hall–Kier alpha value is -3.81. The number of nitrogens with one attached hydrogen (secondary N) is 1. The second-order valence-electron chi connectivity index (χ2n) is 9.04. The largest absolute Gasteiger partial charge is 0.481 e. The minimum atomic E-state index is -4.57. The first-order chi connectivity index (χ1) is 16.7. The summed E-state index contributed by atoms with van der Waals surface area (Å²) in [5.74, 6) is -1.33. The third kappa shape index (κ3) is 4.03.